The highest BCUT2D eigenvalue weighted by Crippen LogP contribution is 2.25. The van der Waals surface area contributed by atoms with Gasteiger partial charge in [-0.3, -0.25) is 4.79 Å². The van der Waals surface area contributed by atoms with Gasteiger partial charge < -0.3 is 5.32 Å². The summed E-state index contributed by atoms with van der Waals surface area (Å²) in [6.07, 6.45) is 4.62. The number of rotatable bonds is 4. The molecular weight excluding hydrogens is 282 g/mol. The van der Waals surface area contributed by atoms with E-state index in [1.54, 1.807) is 0 Å². The third-order valence-electron chi connectivity index (χ3n) is 3.96. The third kappa shape index (κ3) is 3.45. The Morgan fingerprint density at radius 3 is 2.76 bits per heavy atom. The minimum Gasteiger partial charge on any atom is -0.326 e. The predicted octanol–water partition coefficient (Wildman–Crippen LogP) is 4.40. The number of nitrogens with one attached hydrogen (secondary N) is 1. The fraction of sp³-hybridized carbons (Fsp3) is 0.278. The van der Waals surface area contributed by atoms with Gasteiger partial charge in [-0.15, -0.1) is 0 Å². The van der Waals surface area contributed by atoms with E-state index in [1.165, 1.54) is 17.5 Å². The second-order valence-electron chi connectivity index (χ2n) is 5.48. The fourth-order valence-electron chi connectivity index (χ4n) is 2.82. The zero-order valence-corrected chi connectivity index (χ0v) is 12.6. The van der Waals surface area contributed by atoms with E-state index >= 15 is 0 Å². The molecule has 0 radical (unpaired) electrons. The number of aryl methyl sites for hydroxylation is 3. The van der Waals surface area contributed by atoms with E-state index in [4.69, 9.17) is 11.6 Å². The first kappa shape index (κ1) is 14.2. The van der Waals surface area contributed by atoms with Crippen molar-refractivity contribution in [1.29, 1.82) is 0 Å². The highest BCUT2D eigenvalue weighted by molar-refractivity contribution is 6.31. The van der Waals surface area contributed by atoms with Crippen LogP contribution in [-0.4, -0.2) is 5.91 Å². The van der Waals surface area contributed by atoms with Crippen molar-refractivity contribution in [1.82, 2.24) is 0 Å². The smallest absolute Gasteiger partial charge is 0.224 e. The zero-order chi connectivity index (χ0) is 14.7. The molecule has 21 heavy (non-hydrogen) atoms. The Bertz CT molecular complexity index is 666. The van der Waals surface area contributed by atoms with E-state index in [-0.39, 0.29) is 5.91 Å². The molecule has 0 unspecified atom stereocenters. The first-order valence-electron chi connectivity index (χ1n) is 7.37. The van der Waals surface area contributed by atoms with Crippen LogP contribution in [0.4, 0.5) is 5.69 Å². The largest absolute Gasteiger partial charge is 0.326 e. The summed E-state index contributed by atoms with van der Waals surface area (Å²) in [7, 11) is 0. The Balaban J connectivity index is 1.58. The SMILES string of the molecule is O=C(CCc1ccccc1Cl)Nc1ccc2c(c1)CCC2. The van der Waals surface area contributed by atoms with Crippen molar-refractivity contribution in [2.24, 2.45) is 0 Å². The quantitative estimate of drug-likeness (QED) is 0.891. The average Bonchev–Trinajstić information content (AvgIpc) is 2.94. The van der Waals surface area contributed by atoms with E-state index in [9.17, 15) is 4.79 Å². The van der Waals surface area contributed by atoms with Gasteiger partial charge in [-0.1, -0.05) is 35.9 Å². The number of carbonyl (C=O) groups excluding carboxylic acids is 1. The number of halogens is 1. The van der Waals surface area contributed by atoms with Crippen molar-refractivity contribution in [3.8, 4) is 0 Å². The number of amides is 1. The number of hydrogen-bond acceptors (Lipinski definition) is 1. The Hall–Kier alpha value is -1.80. The van der Waals surface area contributed by atoms with Crippen molar-refractivity contribution < 1.29 is 4.79 Å². The Kier molecular flexibility index (Phi) is 4.26. The van der Waals surface area contributed by atoms with Crippen LogP contribution in [0.1, 0.15) is 29.5 Å². The highest BCUT2D eigenvalue weighted by atomic mass is 35.5. The molecule has 0 heterocycles. The van der Waals surface area contributed by atoms with Gasteiger partial charge >= 0.3 is 0 Å². The summed E-state index contributed by atoms with van der Waals surface area (Å²) in [5.41, 5.74) is 4.71. The second kappa shape index (κ2) is 6.31. The summed E-state index contributed by atoms with van der Waals surface area (Å²) in [5, 5.41) is 3.70. The molecule has 2 aromatic rings. The van der Waals surface area contributed by atoms with Crippen LogP contribution in [0.15, 0.2) is 42.5 Å². The summed E-state index contributed by atoms with van der Waals surface area (Å²) in [6, 6.07) is 13.9. The molecule has 1 aliphatic rings. The van der Waals surface area contributed by atoms with Gasteiger partial charge in [0, 0.05) is 17.1 Å². The minimum atomic E-state index is 0.0351. The molecule has 2 nitrogen and oxygen atoms in total. The van der Waals surface area contributed by atoms with Gasteiger partial charge in [0.1, 0.15) is 0 Å². The normalized spacial score (nSPS) is 13.0. The Morgan fingerprint density at radius 2 is 1.90 bits per heavy atom. The first-order valence-corrected chi connectivity index (χ1v) is 7.75. The molecule has 1 N–H and O–H groups in total. The average molecular weight is 300 g/mol. The van der Waals surface area contributed by atoms with Gasteiger partial charge in [-0.05, 0) is 60.6 Å². The molecule has 0 aromatic heterocycles. The molecule has 0 saturated heterocycles. The summed E-state index contributed by atoms with van der Waals surface area (Å²) >= 11 is 6.10. The van der Waals surface area contributed by atoms with Crippen molar-refractivity contribution in [2.45, 2.75) is 32.1 Å². The third-order valence-corrected chi connectivity index (χ3v) is 4.33. The van der Waals surface area contributed by atoms with Crippen LogP contribution in [0.25, 0.3) is 0 Å². The lowest BCUT2D eigenvalue weighted by atomic mass is 10.1. The molecule has 108 valence electrons. The van der Waals surface area contributed by atoms with Crippen LogP contribution >= 0.6 is 11.6 Å². The van der Waals surface area contributed by atoms with E-state index in [0.29, 0.717) is 12.8 Å². The number of carbonyl (C=O) groups is 1. The number of fused-ring (bicyclic) bond motifs is 1. The molecule has 0 saturated carbocycles. The molecule has 0 aliphatic heterocycles. The Morgan fingerprint density at radius 1 is 1.10 bits per heavy atom. The van der Waals surface area contributed by atoms with E-state index in [1.807, 2.05) is 30.3 Å². The molecule has 3 heteroatoms. The summed E-state index contributed by atoms with van der Waals surface area (Å²) in [5.74, 6) is 0.0351. The standard InChI is InChI=1S/C18H18ClNO/c19-17-7-2-1-4-14(17)9-11-18(21)20-16-10-8-13-5-3-6-15(13)12-16/h1-2,4,7-8,10,12H,3,5-6,9,11H2,(H,20,21). The molecule has 1 aliphatic carbocycles. The van der Waals surface area contributed by atoms with Crippen LogP contribution in [0, 0.1) is 0 Å². The summed E-state index contributed by atoms with van der Waals surface area (Å²) in [4.78, 5) is 12.0. The number of anilines is 1. The molecule has 0 fully saturated rings. The minimum absolute atomic E-state index is 0.0351. The lowest BCUT2D eigenvalue weighted by molar-refractivity contribution is -0.116. The van der Waals surface area contributed by atoms with E-state index in [0.717, 1.165) is 29.1 Å². The lowest BCUT2D eigenvalue weighted by Crippen LogP contribution is -2.12. The van der Waals surface area contributed by atoms with Gasteiger partial charge in [0.15, 0.2) is 0 Å². The van der Waals surface area contributed by atoms with Crippen LogP contribution in [0.2, 0.25) is 5.02 Å². The van der Waals surface area contributed by atoms with Crippen molar-refractivity contribution >= 4 is 23.2 Å². The number of benzene rings is 2. The first-order chi connectivity index (χ1) is 10.2. The van der Waals surface area contributed by atoms with E-state index < -0.39 is 0 Å². The van der Waals surface area contributed by atoms with Gasteiger partial charge in [0.25, 0.3) is 0 Å². The molecule has 3 rings (SSSR count). The molecule has 1 amide bonds. The predicted molar refractivity (Wildman–Crippen MR) is 86.9 cm³/mol. The van der Waals surface area contributed by atoms with Gasteiger partial charge in [0.05, 0.1) is 0 Å². The van der Waals surface area contributed by atoms with Gasteiger partial charge in [-0.25, -0.2) is 0 Å². The summed E-state index contributed by atoms with van der Waals surface area (Å²) < 4.78 is 0. The Labute approximate surface area is 130 Å². The van der Waals surface area contributed by atoms with Crippen molar-refractivity contribution in [3.63, 3.8) is 0 Å². The number of hydrogen-bond donors (Lipinski definition) is 1. The molecule has 0 bridgehead atoms. The monoisotopic (exact) mass is 299 g/mol. The highest BCUT2D eigenvalue weighted by Gasteiger charge is 2.12. The molecule has 2 aromatic carbocycles. The van der Waals surface area contributed by atoms with Crippen LogP contribution in [0.5, 0.6) is 0 Å². The topological polar surface area (TPSA) is 29.1 Å². The zero-order valence-electron chi connectivity index (χ0n) is 11.9. The molecule has 0 spiro atoms. The van der Waals surface area contributed by atoms with Crippen LogP contribution in [0.3, 0.4) is 0 Å². The van der Waals surface area contributed by atoms with Crippen LogP contribution < -0.4 is 5.32 Å². The maximum Gasteiger partial charge on any atom is 0.224 e. The lowest BCUT2D eigenvalue weighted by Gasteiger charge is -2.08. The van der Waals surface area contributed by atoms with Gasteiger partial charge in [0.2, 0.25) is 5.91 Å². The maximum atomic E-state index is 12.0. The molecular formula is C18H18ClNO. The van der Waals surface area contributed by atoms with Crippen molar-refractivity contribution in [3.05, 3.63) is 64.2 Å². The fourth-order valence-corrected chi connectivity index (χ4v) is 3.05. The van der Waals surface area contributed by atoms with E-state index in [2.05, 4.69) is 17.4 Å². The van der Waals surface area contributed by atoms with Gasteiger partial charge in [-0.2, -0.15) is 0 Å². The van der Waals surface area contributed by atoms with Crippen molar-refractivity contribution in [2.75, 3.05) is 5.32 Å². The second-order valence-corrected chi connectivity index (χ2v) is 5.88. The molecule has 0 atom stereocenters. The maximum absolute atomic E-state index is 12.0. The summed E-state index contributed by atoms with van der Waals surface area (Å²) in [6.45, 7) is 0. The van der Waals surface area contributed by atoms with Crippen LogP contribution in [-0.2, 0) is 24.1 Å².